The first-order valence-corrected chi connectivity index (χ1v) is 14.9. The van der Waals surface area contributed by atoms with Crippen LogP contribution in [0.15, 0.2) is 83.4 Å². The van der Waals surface area contributed by atoms with Gasteiger partial charge in [0, 0.05) is 30.5 Å². The van der Waals surface area contributed by atoms with Gasteiger partial charge in [0.2, 0.25) is 0 Å². The van der Waals surface area contributed by atoms with E-state index in [2.05, 4.69) is 46.1 Å². The maximum atomic E-state index is 11.9. The summed E-state index contributed by atoms with van der Waals surface area (Å²) in [5, 5.41) is 4.75. The summed E-state index contributed by atoms with van der Waals surface area (Å²) in [4.78, 5) is 21.0. The molecule has 6 rings (SSSR count). The number of furan rings is 1. The number of nitrogens with one attached hydrogen (secondary N) is 1. The molecule has 4 atom stereocenters. The van der Waals surface area contributed by atoms with Gasteiger partial charge in [-0.3, -0.25) is 4.98 Å². The van der Waals surface area contributed by atoms with Crippen molar-refractivity contribution >= 4 is 46.3 Å². The molecule has 2 aliphatic heterocycles. The van der Waals surface area contributed by atoms with E-state index >= 15 is 0 Å². The number of esters is 1. The summed E-state index contributed by atoms with van der Waals surface area (Å²) in [5.74, 6) is 2.26. The molecule has 42 heavy (non-hydrogen) atoms. The van der Waals surface area contributed by atoms with Crippen LogP contribution in [0.25, 0.3) is 11.3 Å². The lowest BCUT2D eigenvalue weighted by atomic mass is 9.91. The first-order valence-electron chi connectivity index (χ1n) is 14.2. The van der Waals surface area contributed by atoms with Crippen LogP contribution in [0.3, 0.4) is 0 Å². The SMILES string of the molecule is COC(=O)c1ccc(-c2ccc([C@@H]3[C@H](c4ccccn4)NC(=S)N3c3ccc(N4C[C@@H](C)C[C@H](C)C4)c(Cl)c3)o2)cc1. The first kappa shape index (κ1) is 28.2. The van der Waals surface area contributed by atoms with E-state index in [0.29, 0.717) is 33.3 Å². The minimum Gasteiger partial charge on any atom is -0.465 e. The summed E-state index contributed by atoms with van der Waals surface area (Å²) >= 11 is 12.9. The molecule has 2 aromatic heterocycles. The van der Waals surface area contributed by atoms with Crippen molar-refractivity contribution in [2.24, 2.45) is 11.8 Å². The fraction of sp³-hybridized carbons (Fsp3) is 0.303. The van der Waals surface area contributed by atoms with Gasteiger partial charge in [0.25, 0.3) is 0 Å². The van der Waals surface area contributed by atoms with Crippen LogP contribution in [0.1, 0.15) is 54.2 Å². The molecule has 2 aliphatic rings. The number of rotatable bonds is 6. The number of nitrogens with zero attached hydrogens (tertiary/aromatic N) is 3. The molecule has 2 aromatic carbocycles. The molecule has 1 N–H and O–H groups in total. The molecule has 216 valence electrons. The zero-order valence-electron chi connectivity index (χ0n) is 23.8. The largest absolute Gasteiger partial charge is 0.465 e. The summed E-state index contributed by atoms with van der Waals surface area (Å²) in [6.45, 7) is 6.58. The Balaban J connectivity index is 1.36. The topological polar surface area (TPSA) is 70.8 Å². The van der Waals surface area contributed by atoms with Crippen LogP contribution < -0.4 is 15.1 Å². The van der Waals surface area contributed by atoms with Crippen LogP contribution in [-0.4, -0.2) is 36.3 Å². The number of methoxy groups -OCH3 is 1. The molecule has 0 saturated carbocycles. The zero-order valence-corrected chi connectivity index (χ0v) is 25.4. The molecule has 0 spiro atoms. The number of aromatic nitrogens is 1. The third-order valence-electron chi connectivity index (χ3n) is 8.03. The van der Waals surface area contributed by atoms with Crippen molar-refractivity contribution in [3.8, 4) is 11.3 Å². The molecular formula is C33H33ClN4O3S. The Morgan fingerprint density at radius 1 is 1.05 bits per heavy atom. The van der Waals surface area contributed by atoms with Crippen LogP contribution in [-0.2, 0) is 4.74 Å². The lowest BCUT2D eigenvalue weighted by molar-refractivity contribution is 0.0600. The second-order valence-corrected chi connectivity index (χ2v) is 12.0. The lowest BCUT2D eigenvalue weighted by Gasteiger charge is -2.37. The van der Waals surface area contributed by atoms with E-state index in [9.17, 15) is 4.79 Å². The Morgan fingerprint density at radius 2 is 1.81 bits per heavy atom. The highest BCUT2D eigenvalue weighted by Gasteiger charge is 2.43. The molecule has 4 aromatic rings. The van der Waals surface area contributed by atoms with E-state index in [1.807, 2.05) is 48.5 Å². The number of hydrogen-bond donors (Lipinski definition) is 1. The van der Waals surface area contributed by atoms with Gasteiger partial charge in [-0.2, -0.15) is 0 Å². The normalized spacial score (nSPS) is 22.2. The van der Waals surface area contributed by atoms with E-state index in [4.69, 9.17) is 33.0 Å². The molecular weight excluding hydrogens is 568 g/mol. The number of piperidine rings is 1. The Labute approximate surface area is 256 Å². The van der Waals surface area contributed by atoms with Crippen molar-refractivity contribution in [1.29, 1.82) is 0 Å². The Bertz CT molecular complexity index is 1580. The summed E-state index contributed by atoms with van der Waals surface area (Å²) < 4.78 is 11.3. The molecule has 4 heterocycles. The summed E-state index contributed by atoms with van der Waals surface area (Å²) in [5.41, 5.74) is 4.11. The summed E-state index contributed by atoms with van der Waals surface area (Å²) in [6, 6.07) is 22.5. The fourth-order valence-corrected chi connectivity index (χ4v) is 6.88. The van der Waals surface area contributed by atoms with Crippen molar-refractivity contribution in [3.63, 3.8) is 0 Å². The number of anilines is 2. The van der Waals surface area contributed by atoms with Crippen LogP contribution in [0.2, 0.25) is 5.02 Å². The van der Waals surface area contributed by atoms with Gasteiger partial charge < -0.3 is 24.3 Å². The van der Waals surface area contributed by atoms with Crippen LogP contribution in [0.4, 0.5) is 11.4 Å². The molecule has 0 unspecified atom stereocenters. The Hall–Kier alpha value is -3.88. The number of pyridine rings is 1. The van der Waals surface area contributed by atoms with Crippen molar-refractivity contribution in [1.82, 2.24) is 10.3 Å². The van der Waals surface area contributed by atoms with Gasteiger partial charge in [-0.15, -0.1) is 0 Å². The highest BCUT2D eigenvalue weighted by molar-refractivity contribution is 7.80. The highest BCUT2D eigenvalue weighted by Crippen LogP contribution is 2.44. The predicted molar refractivity (Wildman–Crippen MR) is 170 cm³/mol. The summed E-state index contributed by atoms with van der Waals surface area (Å²) in [6.07, 6.45) is 3.01. The van der Waals surface area contributed by atoms with Gasteiger partial charge >= 0.3 is 5.97 Å². The van der Waals surface area contributed by atoms with E-state index < -0.39 is 0 Å². The third-order valence-corrected chi connectivity index (χ3v) is 8.64. The minimum atomic E-state index is -0.380. The highest BCUT2D eigenvalue weighted by atomic mass is 35.5. The molecule has 9 heteroatoms. The average molecular weight is 601 g/mol. The molecule has 0 bridgehead atoms. The monoisotopic (exact) mass is 600 g/mol. The quantitative estimate of drug-likeness (QED) is 0.181. The van der Waals surface area contributed by atoms with Crippen molar-refractivity contribution in [2.45, 2.75) is 32.4 Å². The number of benzene rings is 2. The Kier molecular flexibility index (Phi) is 7.92. The van der Waals surface area contributed by atoms with Crippen LogP contribution in [0, 0.1) is 11.8 Å². The minimum absolute atomic E-state index is 0.248. The smallest absolute Gasteiger partial charge is 0.337 e. The predicted octanol–water partition coefficient (Wildman–Crippen LogP) is 7.44. The summed E-state index contributed by atoms with van der Waals surface area (Å²) in [7, 11) is 1.37. The van der Waals surface area contributed by atoms with Crippen LogP contribution in [0.5, 0.6) is 0 Å². The lowest BCUT2D eigenvalue weighted by Crippen LogP contribution is -2.38. The standard InChI is InChI=1S/C33H33ClN4O3S/c1-20-16-21(2)19-37(18-20)27-12-11-24(17-25(27)34)38-31(30(36-33(38)42)26-6-4-5-15-35-26)29-14-13-28(41-29)22-7-9-23(10-8-22)32(39)40-3/h4-15,17,20-21,30-31H,16,18-19H2,1-3H3,(H,36,42)/t20-,21-,30-,31+/m0/s1. The van der Waals surface area contributed by atoms with Gasteiger partial charge in [-0.1, -0.05) is 43.6 Å². The van der Waals surface area contributed by atoms with Gasteiger partial charge in [-0.25, -0.2) is 4.79 Å². The van der Waals surface area contributed by atoms with Gasteiger partial charge in [0.05, 0.1) is 35.1 Å². The van der Waals surface area contributed by atoms with Gasteiger partial charge in [0.1, 0.15) is 17.6 Å². The number of halogens is 1. The van der Waals surface area contributed by atoms with Gasteiger partial charge in [-0.05, 0) is 85.1 Å². The molecule has 0 amide bonds. The second-order valence-electron chi connectivity index (χ2n) is 11.3. The average Bonchev–Trinajstić information content (AvgIpc) is 3.61. The fourth-order valence-electron chi connectivity index (χ4n) is 6.24. The van der Waals surface area contributed by atoms with Crippen molar-refractivity contribution in [3.05, 3.63) is 101 Å². The molecule has 2 saturated heterocycles. The number of carbonyl (C=O) groups is 1. The second kappa shape index (κ2) is 11.8. The number of thiocarbonyl (C=S) groups is 1. The number of ether oxygens (including phenoxy) is 1. The third kappa shape index (κ3) is 5.49. The number of carbonyl (C=O) groups excluding carboxylic acids is 1. The molecule has 0 radical (unpaired) electrons. The molecule has 7 nitrogen and oxygen atoms in total. The van der Waals surface area contributed by atoms with E-state index in [1.54, 1.807) is 18.3 Å². The van der Waals surface area contributed by atoms with E-state index in [0.717, 1.165) is 41.5 Å². The van der Waals surface area contributed by atoms with Crippen LogP contribution >= 0.6 is 23.8 Å². The first-order chi connectivity index (χ1) is 20.3. The molecule has 2 fully saturated rings. The van der Waals surface area contributed by atoms with Gasteiger partial charge in [0.15, 0.2) is 5.11 Å². The van der Waals surface area contributed by atoms with E-state index in [1.165, 1.54) is 13.5 Å². The van der Waals surface area contributed by atoms with Crippen molar-refractivity contribution < 1.29 is 13.9 Å². The zero-order chi connectivity index (χ0) is 29.4. The van der Waals surface area contributed by atoms with E-state index in [-0.39, 0.29) is 18.1 Å². The van der Waals surface area contributed by atoms with Crippen molar-refractivity contribution in [2.75, 3.05) is 30.0 Å². The molecule has 0 aliphatic carbocycles. The Morgan fingerprint density at radius 3 is 2.48 bits per heavy atom. The maximum Gasteiger partial charge on any atom is 0.337 e. The number of hydrogen-bond acceptors (Lipinski definition) is 6. The maximum absolute atomic E-state index is 11.9.